The van der Waals surface area contributed by atoms with Crippen molar-refractivity contribution in [1.29, 1.82) is 0 Å². The summed E-state index contributed by atoms with van der Waals surface area (Å²) in [6, 6.07) is 0. The lowest BCUT2D eigenvalue weighted by Crippen LogP contribution is -2.07. The number of rotatable bonds is 2. The smallest absolute Gasteiger partial charge is 0.130 e. The van der Waals surface area contributed by atoms with E-state index in [9.17, 15) is 0 Å². The Bertz CT molecular complexity index is 60.7. The maximum absolute atomic E-state index is 4.38. The van der Waals surface area contributed by atoms with Gasteiger partial charge in [-0.25, -0.2) is 0 Å². The fourth-order valence-corrected chi connectivity index (χ4v) is 0.141. The molecule has 0 rings (SSSR count). The minimum atomic E-state index is 1.51. The highest BCUT2D eigenvalue weighted by Gasteiger charge is 1.71. The molecule has 0 saturated heterocycles. The summed E-state index contributed by atoms with van der Waals surface area (Å²) in [5, 5.41) is 3.47. The van der Waals surface area contributed by atoms with Crippen LogP contribution in [0, 0.1) is 0 Å². The molecule has 3 nitrogen and oxygen atoms in total. The van der Waals surface area contributed by atoms with E-state index in [1.807, 2.05) is 14.1 Å². The maximum Gasteiger partial charge on any atom is 0.130 e. The van der Waals surface area contributed by atoms with Gasteiger partial charge in [0, 0.05) is 14.1 Å². The van der Waals surface area contributed by atoms with Crippen LogP contribution < -0.4 is 0 Å². The lowest BCUT2D eigenvalue weighted by Gasteiger charge is -1.99. The average Bonchev–Trinajstić information content (AvgIpc) is 1.61. The summed E-state index contributed by atoms with van der Waals surface area (Å²) in [6.07, 6.45) is 1.58. The first-order chi connectivity index (χ1) is 3.27. The molecule has 0 amide bonds. The molecule has 0 fully saturated rings. The van der Waals surface area contributed by atoms with Crippen LogP contribution in [0.2, 0.25) is 0 Å². The van der Waals surface area contributed by atoms with Crippen LogP contribution in [0.15, 0.2) is 5.16 Å². The normalized spacial score (nSPS) is 9.57. The van der Waals surface area contributed by atoms with Crippen LogP contribution in [0.3, 0.4) is 0 Å². The predicted molar refractivity (Wildman–Crippen MR) is 29.2 cm³/mol. The van der Waals surface area contributed by atoms with E-state index >= 15 is 0 Å². The van der Waals surface area contributed by atoms with Crippen LogP contribution in [0.25, 0.3) is 0 Å². The van der Waals surface area contributed by atoms with Crippen LogP contribution in [-0.4, -0.2) is 32.4 Å². The minimum absolute atomic E-state index is 1.51. The van der Waals surface area contributed by atoms with Gasteiger partial charge < -0.3 is 9.74 Å². The van der Waals surface area contributed by atoms with E-state index in [2.05, 4.69) is 9.99 Å². The molecule has 0 aliphatic rings. The summed E-state index contributed by atoms with van der Waals surface area (Å²) in [5.74, 6) is 0. The topological polar surface area (TPSA) is 24.8 Å². The van der Waals surface area contributed by atoms with Gasteiger partial charge in [0.1, 0.15) is 13.4 Å². The van der Waals surface area contributed by atoms with Crippen LogP contribution in [0.4, 0.5) is 0 Å². The highest BCUT2D eigenvalue weighted by molar-refractivity contribution is 5.52. The third kappa shape index (κ3) is 5.27. The van der Waals surface area contributed by atoms with Gasteiger partial charge in [-0.2, -0.15) is 0 Å². The highest BCUT2D eigenvalue weighted by Crippen LogP contribution is 1.65. The molecule has 42 valence electrons. The highest BCUT2D eigenvalue weighted by atomic mass is 16.6. The Morgan fingerprint density at radius 3 is 2.29 bits per heavy atom. The Balaban J connectivity index is 3.08. The Morgan fingerprint density at radius 1 is 1.57 bits per heavy atom. The molecule has 0 atom stereocenters. The molecule has 0 aromatic heterocycles. The zero-order valence-electron chi connectivity index (χ0n) is 4.88. The Hall–Kier alpha value is -0.730. The first kappa shape index (κ1) is 6.27. The van der Waals surface area contributed by atoms with E-state index in [0.29, 0.717) is 0 Å². The number of hydrogen-bond acceptors (Lipinski definition) is 2. The molecular weight excluding hydrogens is 92.1 g/mol. The lowest BCUT2D eigenvalue weighted by molar-refractivity contribution is 0.211. The van der Waals surface area contributed by atoms with E-state index in [-0.39, 0.29) is 0 Å². The maximum atomic E-state index is 4.38. The molecule has 0 aliphatic heterocycles. The molecule has 0 bridgehead atoms. The SMILES string of the molecule is CON=CN(C)C. The van der Waals surface area contributed by atoms with E-state index in [1.165, 1.54) is 7.11 Å². The monoisotopic (exact) mass is 102 g/mol. The first-order valence-electron chi connectivity index (χ1n) is 2.00. The van der Waals surface area contributed by atoms with E-state index in [0.717, 1.165) is 0 Å². The molecule has 0 radical (unpaired) electrons. The first-order valence-corrected chi connectivity index (χ1v) is 2.00. The fraction of sp³-hybridized carbons (Fsp3) is 0.750. The number of oxime groups is 1. The van der Waals surface area contributed by atoms with Gasteiger partial charge in [0.05, 0.1) is 0 Å². The molecule has 0 saturated carbocycles. The van der Waals surface area contributed by atoms with Crippen molar-refractivity contribution in [3.05, 3.63) is 0 Å². The molecule has 0 aliphatic carbocycles. The third-order valence-corrected chi connectivity index (χ3v) is 0.383. The van der Waals surface area contributed by atoms with E-state index < -0.39 is 0 Å². The van der Waals surface area contributed by atoms with Gasteiger partial charge in [-0.3, -0.25) is 0 Å². The van der Waals surface area contributed by atoms with E-state index in [4.69, 9.17) is 0 Å². The summed E-state index contributed by atoms with van der Waals surface area (Å²) in [7, 11) is 5.27. The van der Waals surface area contributed by atoms with Gasteiger partial charge in [0.15, 0.2) is 0 Å². The van der Waals surface area contributed by atoms with Gasteiger partial charge in [-0.15, -0.1) is 0 Å². The molecule has 0 heterocycles. The average molecular weight is 102 g/mol. The van der Waals surface area contributed by atoms with Crippen molar-refractivity contribution in [2.75, 3.05) is 21.2 Å². The van der Waals surface area contributed by atoms with E-state index in [1.54, 1.807) is 11.2 Å². The van der Waals surface area contributed by atoms with Gasteiger partial charge in [-0.05, 0) is 0 Å². The van der Waals surface area contributed by atoms with Crippen molar-refractivity contribution < 1.29 is 4.84 Å². The molecule has 7 heavy (non-hydrogen) atoms. The van der Waals surface area contributed by atoms with Gasteiger partial charge in [0.2, 0.25) is 0 Å². The van der Waals surface area contributed by atoms with Crippen LogP contribution >= 0.6 is 0 Å². The van der Waals surface area contributed by atoms with Crippen molar-refractivity contribution in [2.24, 2.45) is 5.16 Å². The third-order valence-electron chi connectivity index (χ3n) is 0.383. The predicted octanol–water partition coefficient (Wildman–Crippen LogP) is 0.138. The Morgan fingerprint density at radius 2 is 2.14 bits per heavy atom. The summed E-state index contributed by atoms with van der Waals surface area (Å²) >= 11 is 0. The minimum Gasteiger partial charge on any atom is -0.398 e. The summed E-state index contributed by atoms with van der Waals surface area (Å²) in [6.45, 7) is 0. The fourth-order valence-electron chi connectivity index (χ4n) is 0.141. The molecule has 3 heteroatoms. The summed E-state index contributed by atoms with van der Waals surface area (Å²) in [5.41, 5.74) is 0. The Labute approximate surface area is 43.6 Å². The number of nitrogens with zero attached hydrogens (tertiary/aromatic N) is 2. The van der Waals surface area contributed by atoms with Crippen molar-refractivity contribution in [3.8, 4) is 0 Å². The number of hydrogen-bond donors (Lipinski definition) is 0. The molecule has 0 N–H and O–H groups in total. The second kappa shape index (κ2) is 3.46. The molecule has 0 spiro atoms. The molecule has 0 aromatic rings. The zero-order chi connectivity index (χ0) is 5.70. The standard InChI is InChI=1S/C4H10N2O/c1-6(2)4-5-7-3/h4H,1-3H3. The summed E-state index contributed by atoms with van der Waals surface area (Å²) in [4.78, 5) is 6.18. The molecular formula is C4H10N2O. The van der Waals surface area contributed by atoms with Crippen LogP contribution in [0.5, 0.6) is 0 Å². The zero-order valence-corrected chi connectivity index (χ0v) is 4.88. The Kier molecular flexibility index (Phi) is 3.10. The van der Waals surface area contributed by atoms with Crippen LogP contribution in [0.1, 0.15) is 0 Å². The van der Waals surface area contributed by atoms with Crippen molar-refractivity contribution in [3.63, 3.8) is 0 Å². The lowest BCUT2D eigenvalue weighted by atomic mass is 11.0. The second-order valence-electron chi connectivity index (χ2n) is 1.37. The van der Waals surface area contributed by atoms with Gasteiger partial charge in [0.25, 0.3) is 0 Å². The quantitative estimate of drug-likeness (QED) is 0.281. The van der Waals surface area contributed by atoms with Crippen molar-refractivity contribution in [2.45, 2.75) is 0 Å². The molecule has 0 unspecified atom stereocenters. The summed E-state index contributed by atoms with van der Waals surface area (Å²) < 4.78 is 0. The van der Waals surface area contributed by atoms with Crippen LogP contribution in [-0.2, 0) is 4.84 Å². The van der Waals surface area contributed by atoms with Crippen molar-refractivity contribution in [1.82, 2.24) is 4.90 Å². The largest absolute Gasteiger partial charge is 0.398 e. The van der Waals surface area contributed by atoms with Gasteiger partial charge in [-0.1, -0.05) is 5.16 Å². The van der Waals surface area contributed by atoms with Gasteiger partial charge >= 0.3 is 0 Å². The van der Waals surface area contributed by atoms with Crippen molar-refractivity contribution >= 4 is 6.34 Å². The molecule has 0 aromatic carbocycles. The second-order valence-corrected chi connectivity index (χ2v) is 1.37.